The lowest BCUT2D eigenvalue weighted by Gasteiger charge is -2.26. The first-order valence-electron chi connectivity index (χ1n) is 10.5. The molecule has 0 spiro atoms. The van der Waals surface area contributed by atoms with Gasteiger partial charge in [0, 0.05) is 17.2 Å². The average molecular weight is 422 g/mol. The van der Waals surface area contributed by atoms with Gasteiger partial charge in [-0.05, 0) is 71.7 Å². The molecule has 0 fully saturated rings. The third-order valence-electron chi connectivity index (χ3n) is 6.14. The highest BCUT2D eigenvalue weighted by Gasteiger charge is 2.34. The zero-order chi connectivity index (χ0) is 20.7. The summed E-state index contributed by atoms with van der Waals surface area (Å²) in [5.41, 5.74) is 4.88. The smallest absolute Gasteiger partial charge is 0.225 e. The molecule has 1 aromatic heterocycles. The Morgan fingerprint density at radius 3 is 2.63 bits per heavy atom. The summed E-state index contributed by atoms with van der Waals surface area (Å²) in [7, 11) is 0. The van der Waals surface area contributed by atoms with Gasteiger partial charge in [0.25, 0.3) is 0 Å². The van der Waals surface area contributed by atoms with E-state index < -0.39 is 0 Å². The number of ether oxygens (including phenoxy) is 1. The number of halogens is 1. The van der Waals surface area contributed by atoms with E-state index in [1.54, 1.807) is 23.5 Å². The third kappa shape index (κ3) is 3.74. The molecule has 2 aromatic carbocycles. The maximum atomic E-state index is 13.0. The molecule has 5 rings (SSSR count). The maximum absolute atomic E-state index is 13.0. The molecule has 2 aliphatic rings. The number of carbonyl (C=O) groups is 1. The van der Waals surface area contributed by atoms with Crippen molar-refractivity contribution >= 4 is 22.2 Å². The van der Waals surface area contributed by atoms with Gasteiger partial charge >= 0.3 is 0 Å². The van der Waals surface area contributed by atoms with Crippen molar-refractivity contribution in [1.82, 2.24) is 0 Å². The Labute approximate surface area is 179 Å². The fraction of sp³-hybridized carbons (Fsp3) is 0.320. The van der Waals surface area contributed by atoms with Crippen molar-refractivity contribution in [3.05, 3.63) is 81.5 Å². The Kier molecular flexibility index (Phi) is 5.07. The van der Waals surface area contributed by atoms with Crippen LogP contribution in [-0.4, -0.2) is 5.91 Å². The van der Waals surface area contributed by atoms with Crippen LogP contribution in [-0.2, 0) is 24.2 Å². The van der Waals surface area contributed by atoms with Gasteiger partial charge < -0.3 is 10.1 Å². The highest BCUT2D eigenvalue weighted by molar-refractivity contribution is 7.16. The largest absolute Gasteiger partial charge is 0.489 e. The second-order valence-electron chi connectivity index (χ2n) is 8.38. The topological polar surface area (TPSA) is 38.3 Å². The van der Waals surface area contributed by atoms with Gasteiger partial charge in [-0.3, -0.25) is 4.79 Å². The van der Waals surface area contributed by atoms with E-state index in [-0.39, 0.29) is 17.6 Å². The second kappa shape index (κ2) is 7.88. The molecule has 154 valence electrons. The molecule has 0 saturated heterocycles. The Morgan fingerprint density at radius 1 is 1.10 bits per heavy atom. The fourth-order valence-corrected chi connectivity index (χ4v) is 6.02. The van der Waals surface area contributed by atoms with Gasteiger partial charge in [-0.15, -0.1) is 11.3 Å². The summed E-state index contributed by atoms with van der Waals surface area (Å²) in [5, 5.41) is 4.16. The zero-order valence-electron chi connectivity index (χ0n) is 16.9. The van der Waals surface area contributed by atoms with Crippen molar-refractivity contribution in [2.75, 3.05) is 5.32 Å². The van der Waals surface area contributed by atoms with Crippen LogP contribution in [0.2, 0.25) is 0 Å². The van der Waals surface area contributed by atoms with Gasteiger partial charge in [-0.1, -0.05) is 31.2 Å². The first-order chi connectivity index (χ1) is 14.6. The molecule has 30 heavy (non-hydrogen) atoms. The van der Waals surface area contributed by atoms with Crippen LogP contribution in [0.3, 0.4) is 0 Å². The number of hydrogen-bond donors (Lipinski definition) is 1. The molecule has 0 radical (unpaired) electrons. The molecule has 1 aliphatic heterocycles. The lowest BCUT2D eigenvalue weighted by Crippen LogP contribution is -2.23. The molecular formula is C25H24FNO2S. The Bertz CT molecular complexity index is 1070. The van der Waals surface area contributed by atoms with Crippen LogP contribution >= 0.6 is 11.3 Å². The Hall–Kier alpha value is -2.66. The molecule has 3 nitrogen and oxygen atoms in total. The fourth-order valence-electron chi connectivity index (χ4n) is 4.53. The normalized spacial score (nSPS) is 20.3. The minimum absolute atomic E-state index is 0.0933. The van der Waals surface area contributed by atoms with Gasteiger partial charge in [0.05, 0.1) is 5.00 Å². The van der Waals surface area contributed by atoms with E-state index in [4.69, 9.17) is 4.74 Å². The lowest BCUT2D eigenvalue weighted by atomic mass is 9.80. The molecule has 2 atom stereocenters. The molecular weight excluding hydrogens is 397 g/mol. The van der Waals surface area contributed by atoms with E-state index in [1.807, 2.05) is 12.1 Å². The number of hydrogen-bond acceptors (Lipinski definition) is 3. The van der Waals surface area contributed by atoms with Crippen LogP contribution < -0.4 is 10.1 Å². The van der Waals surface area contributed by atoms with E-state index in [0.29, 0.717) is 18.9 Å². The van der Waals surface area contributed by atoms with Crippen molar-refractivity contribution in [3.63, 3.8) is 0 Å². The summed E-state index contributed by atoms with van der Waals surface area (Å²) >= 11 is 1.77. The van der Waals surface area contributed by atoms with Gasteiger partial charge in [0.15, 0.2) is 0 Å². The van der Waals surface area contributed by atoms with Gasteiger partial charge in [-0.2, -0.15) is 0 Å². The summed E-state index contributed by atoms with van der Waals surface area (Å²) in [5.74, 6) is 1.43. The van der Waals surface area contributed by atoms with E-state index in [1.165, 1.54) is 34.6 Å². The summed E-state index contributed by atoms with van der Waals surface area (Å²) < 4.78 is 18.9. The number of nitrogens with one attached hydrogen (secondary N) is 1. The molecule has 0 bridgehead atoms. The number of thiophene rings is 1. The van der Waals surface area contributed by atoms with Crippen molar-refractivity contribution in [2.45, 2.75) is 45.1 Å². The highest BCUT2D eigenvalue weighted by Crippen LogP contribution is 2.48. The van der Waals surface area contributed by atoms with E-state index in [9.17, 15) is 9.18 Å². The monoisotopic (exact) mass is 421 g/mol. The first-order valence-corrected chi connectivity index (χ1v) is 11.3. The lowest BCUT2D eigenvalue weighted by molar-refractivity contribution is -0.116. The highest BCUT2D eigenvalue weighted by atomic mass is 32.1. The zero-order valence-corrected chi connectivity index (χ0v) is 17.7. The second-order valence-corrected chi connectivity index (χ2v) is 9.49. The molecule has 3 aromatic rings. The molecule has 1 amide bonds. The molecule has 2 heterocycles. The summed E-state index contributed by atoms with van der Waals surface area (Å²) in [6.07, 6.45) is 3.92. The Balaban J connectivity index is 1.37. The van der Waals surface area contributed by atoms with Gasteiger partial charge in [0.1, 0.15) is 18.2 Å². The maximum Gasteiger partial charge on any atom is 0.225 e. The van der Waals surface area contributed by atoms with Crippen LogP contribution in [0.1, 0.15) is 52.8 Å². The average Bonchev–Trinajstić information content (AvgIpc) is 3.10. The molecule has 0 saturated carbocycles. The molecule has 1 N–H and O–H groups in total. The Morgan fingerprint density at radius 2 is 1.87 bits per heavy atom. The number of anilines is 1. The number of rotatable bonds is 4. The number of benzene rings is 2. The minimum Gasteiger partial charge on any atom is -0.489 e. The summed E-state index contributed by atoms with van der Waals surface area (Å²) in [6.45, 7) is 2.70. The summed E-state index contributed by atoms with van der Waals surface area (Å²) in [6, 6.07) is 14.4. The minimum atomic E-state index is -0.246. The van der Waals surface area contributed by atoms with E-state index in [2.05, 4.69) is 24.4 Å². The third-order valence-corrected chi connectivity index (χ3v) is 7.33. The number of fused-ring (bicyclic) bond motifs is 3. The quantitative estimate of drug-likeness (QED) is 0.556. The number of carbonyl (C=O) groups excluding carboxylic acids is 1. The van der Waals surface area contributed by atoms with Crippen molar-refractivity contribution in [1.29, 1.82) is 0 Å². The SMILES string of the molecule is C[C@@H]1CCc2c(sc3c2[C@@H](c2ccc(OCc4ccc(F)cc4)cc2)CC(=O)N3)C1. The van der Waals surface area contributed by atoms with E-state index in [0.717, 1.165) is 34.7 Å². The predicted molar refractivity (Wildman–Crippen MR) is 118 cm³/mol. The molecule has 5 heteroatoms. The van der Waals surface area contributed by atoms with Crippen molar-refractivity contribution in [3.8, 4) is 5.75 Å². The van der Waals surface area contributed by atoms with E-state index >= 15 is 0 Å². The van der Waals surface area contributed by atoms with Gasteiger partial charge in [-0.25, -0.2) is 4.39 Å². The van der Waals surface area contributed by atoms with Crippen LogP contribution in [0.25, 0.3) is 0 Å². The van der Waals surface area contributed by atoms with Crippen molar-refractivity contribution in [2.24, 2.45) is 5.92 Å². The van der Waals surface area contributed by atoms with Crippen LogP contribution in [0.5, 0.6) is 5.75 Å². The molecule has 0 unspecified atom stereocenters. The van der Waals surface area contributed by atoms with Gasteiger partial charge in [0.2, 0.25) is 5.91 Å². The molecule has 1 aliphatic carbocycles. The van der Waals surface area contributed by atoms with Crippen LogP contribution in [0.15, 0.2) is 48.5 Å². The first kappa shape index (κ1) is 19.3. The summed E-state index contributed by atoms with van der Waals surface area (Å²) in [4.78, 5) is 13.8. The van der Waals surface area contributed by atoms with Crippen LogP contribution in [0.4, 0.5) is 9.39 Å². The number of amides is 1. The van der Waals surface area contributed by atoms with Crippen molar-refractivity contribution < 1.29 is 13.9 Å². The standard InChI is InChI=1S/C25H24FNO2S/c1-15-2-11-20-22(12-15)30-25-24(20)21(13-23(28)27-25)17-5-9-19(10-6-17)29-14-16-3-7-18(26)8-4-16/h3-10,15,21H,2,11-14H2,1H3,(H,27,28)/t15-,21-/m1/s1. The van der Waals surface area contributed by atoms with Crippen LogP contribution in [0, 0.1) is 11.7 Å². The predicted octanol–water partition coefficient (Wildman–Crippen LogP) is 6.07.